The van der Waals surface area contributed by atoms with Crippen molar-refractivity contribution in [2.75, 3.05) is 13.2 Å². The summed E-state index contributed by atoms with van der Waals surface area (Å²) in [7, 11) is 0. The number of rotatable bonds is 2. The molecule has 60 valence electrons. The maximum absolute atomic E-state index is 5.48. The molecule has 0 radical (unpaired) electrons. The van der Waals surface area contributed by atoms with Crippen LogP contribution in [-0.2, 0) is 4.74 Å². The summed E-state index contributed by atoms with van der Waals surface area (Å²) in [6.07, 6.45) is 2.75. The third-order valence-electron chi connectivity index (χ3n) is 1.90. The molecule has 0 aromatic rings. The Hall–Kier alpha value is 0.210. The predicted molar refractivity (Wildman–Crippen MR) is 42.0 cm³/mol. The minimum atomic E-state index is 0.341. The van der Waals surface area contributed by atoms with Crippen molar-refractivity contribution >= 4 is 11.8 Å². The Bertz CT molecular complexity index is 91.6. The van der Waals surface area contributed by atoms with E-state index in [2.05, 4.69) is 11.8 Å². The summed E-state index contributed by atoms with van der Waals surface area (Å²) in [5, 5.41) is 0. The van der Waals surface area contributed by atoms with Gasteiger partial charge in [-0.05, 0) is 30.5 Å². The summed E-state index contributed by atoms with van der Waals surface area (Å²) in [6, 6.07) is 0. The van der Waals surface area contributed by atoms with E-state index >= 15 is 0 Å². The predicted octanol–water partition coefficient (Wildman–Crippen LogP) is 1.54. The molecule has 2 atom stereocenters. The summed E-state index contributed by atoms with van der Waals surface area (Å²) in [5.41, 5.74) is 0. The van der Waals surface area contributed by atoms with Gasteiger partial charge in [-0.3, -0.25) is 0 Å². The van der Waals surface area contributed by atoms with E-state index in [-0.39, 0.29) is 0 Å². The lowest BCUT2D eigenvalue weighted by atomic mass is 10.0. The molecule has 1 aliphatic rings. The second-order valence-electron chi connectivity index (χ2n) is 2.98. The molecule has 1 heterocycles. The number of nitrogens with one attached hydrogen (secondary N) is 1. The Labute approximate surface area is 67.0 Å². The number of hydrogen-bond acceptors (Lipinski definition) is 2. The Morgan fingerprint density at radius 2 is 2.40 bits per heavy atom. The highest BCUT2D eigenvalue weighted by molar-refractivity contribution is 6.13. The van der Waals surface area contributed by atoms with Crippen LogP contribution in [0.4, 0.5) is 0 Å². The maximum atomic E-state index is 5.48. The molecule has 0 spiro atoms. The summed E-state index contributed by atoms with van der Waals surface area (Å²) in [5.74, 6) is 0.728. The van der Waals surface area contributed by atoms with Gasteiger partial charge in [-0.2, -0.15) is 0 Å². The van der Waals surface area contributed by atoms with Gasteiger partial charge in [-0.15, -0.1) is 0 Å². The summed E-state index contributed by atoms with van der Waals surface area (Å²) >= 11 is 5.34. The quantitative estimate of drug-likeness (QED) is 0.624. The third kappa shape index (κ3) is 2.45. The lowest BCUT2D eigenvalue weighted by Crippen LogP contribution is -2.30. The Morgan fingerprint density at radius 1 is 1.60 bits per heavy atom. The van der Waals surface area contributed by atoms with Gasteiger partial charge in [0, 0.05) is 13.2 Å². The van der Waals surface area contributed by atoms with Crippen molar-refractivity contribution in [1.82, 2.24) is 4.84 Å². The molecule has 0 bridgehead atoms. The van der Waals surface area contributed by atoms with Crippen LogP contribution in [0.5, 0.6) is 0 Å². The van der Waals surface area contributed by atoms with Crippen molar-refractivity contribution in [2.45, 2.75) is 25.9 Å². The monoisotopic (exact) mass is 163 g/mol. The zero-order valence-corrected chi connectivity index (χ0v) is 7.03. The fourth-order valence-corrected chi connectivity index (χ4v) is 1.36. The van der Waals surface area contributed by atoms with Crippen LogP contribution in [0.25, 0.3) is 0 Å². The van der Waals surface area contributed by atoms with E-state index in [1.165, 1.54) is 6.42 Å². The van der Waals surface area contributed by atoms with E-state index in [1.807, 2.05) is 0 Å². The maximum Gasteiger partial charge on any atom is 0.0712 e. The zero-order chi connectivity index (χ0) is 7.40. The van der Waals surface area contributed by atoms with Gasteiger partial charge in [0.2, 0.25) is 0 Å². The van der Waals surface area contributed by atoms with Crippen molar-refractivity contribution in [3.05, 3.63) is 0 Å². The first-order valence-corrected chi connectivity index (χ1v) is 4.16. The van der Waals surface area contributed by atoms with Crippen molar-refractivity contribution in [3.63, 3.8) is 0 Å². The smallest absolute Gasteiger partial charge is 0.0712 e. The first kappa shape index (κ1) is 8.31. The normalized spacial score (nSPS) is 34.2. The van der Waals surface area contributed by atoms with Crippen LogP contribution in [0.1, 0.15) is 19.8 Å². The van der Waals surface area contributed by atoms with Crippen LogP contribution in [0, 0.1) is 5.92 Å². The Morgan fingerprint density at radius 3 is 2.90 bits per heavy atom. The van der Waals surface area contributed by atoms with Crippen molar-refractivity contribution in [3.8, 4) is 0 Å². The molecule has 1 fully saturated rings. The largest absolute Gasteiger partial charge is 0.377 e. The van der Waals surface area contributed by atoms with E-state index < -0.39 is 0 Å². The average molecular weight is 164 g/mol. The second-order valence-corrected chi connectivity index (χ2v) is 3.24. The molecular weight excluding hydrogens is 150 g/mol. The van der Waals surface area contributed by atoms with E-state index in [1.54, 1.807) is 0 Å². The minimum Gasteiger partial charge on any atom is -0.377 e. The first-order valence-electron chi connectivity index (χ1n) is 3.78. The van der Waals surface area contributed by atoms with Gasteiger partial charge in [0.1, 0.15) is 0 Å². The van der Waals surface area contributed by atoms with Gasteiger partial charge in [0.15, 0.2) is 0 Å². The molecule has 1 N–H and O–H groups in total. The lowest BCUT2D eigenvalue weighted by Gasteiger charge is -2.26. The minimum absolute atomic E-state index is 0.341. The first-order chi connectivity index (χ1) is 4.83. The summed E-state index contributed by atoms with van der Waals surface area (Å²) < 4.78 is 5.48. The highest BCUT2D eigenvalue weighted by Gasteiger charge is 2.17. The molecule has 0 aromatic carbocycles. The fraction of sp³-hybridized carbons (Fsp3) is 1.00. The van der Waals surface area contributed by atoms with Crippen LogP contribution >= 0.6 is 11.8 Å². The average Bonchev–Trinajstić information content (AvgIpc) is 1.95. The highest BCUT2D eigenvalue weighted by Crippen LogP contribution is 2.17. The molecule has 0 amide bonds. The van der Waals surface area contributed by atoms with Gasteiger partial charge in [0.05, 0.1) is 6.10 Å². The Balaban J connectivity index is 2.13. The van der Waals surface area contributed by atoms with Gasteiger partial charge >= 0.3 is 0 Å². The molecule has 2 nitrogen and oxygen atoms in total. The van der Waals surface area contributed by atoms with Crippen LogP contribution in [-0.4, -0.2) is 19.3 Å². The van der Waals surface area contributed by atoms with Crippen LogP contribution < -0.4 is 4.84 Å². The molecule has 0 unspecified atom stereocenters. The number of hydrogen-bond donors (Lipinski definition) is 1. The van der Waals surface area contributed by atoms with Gasteiger partial charge < -0.3 is 4.74 Å². The van der Waals surface area contributed by atoms with E-state index in [0.717, 1.165) is 25.5 Å². The van der Waals surface area contributed by atoms with Crippen molar-refractivity contribution < 1.29 is 4.74 Å². The number of ether oxygens (including phenoxy) is 1. The van der Waals surface area contributed by atoms with Gasteiger partial charge in [-0.1, -0.05) is 6.92 Å². The summed E-state index contributed by atoms with van der Waals surface area (Å²) in [6.45, 7) is 3.88. The van der Waals surface area contributed by atoms with Crippen LogP contribution in [0.15, 0.2) is 0 Å². The fourth-order valence-electron chi connectivity index (χ4n) is 1.18. The molecule has 0 aliphatic carbocycles. The molecule has 1 rings (SSSR count). The third-order valence-corrected chi connectivity index (χ3v) is 2.06. The molecular formula is C7H14ClNO. The second kappa shape index (κ2) is 4.16. The molecule has 0 saturated carbocycles. The highest BCUT2D eigenvalue weighted by atomic mass is 35.5. The zero-order valence-electron chi connectivity index (χ0n) is 6.27. The SMILES string of the molecule is C[C@@H]1CC[C@@H](CNCl)OC1. The van der Waals surface area contributed by atoms with Gasteiger partial charge in [0.25, 0.3) is 0 Å². The van der Waals surface area contributed by atoms with Crippen LogP contribution in [0.3, 0.4) is 0 Å². The molecule has 10 heavy (non-hydrogen) atoms. The van der Waals surface area contributed by atoms with E-state index in [9.17, 15) is 0 Å². The van der Waals surface area contributed by atoms with Gasteiger partial charge in [-0.25, -0.2) is 4.84 Å². The van der Waals surface area contributed by atoms with E-state index in [4.69, 9.17) is 16.5 Å². The van der Waals surface area contributed by atoms with Crippen molar-refractivity contribution in [2.24, 2.45) is 5.92 Å². The topological polar surface area (TPSA) is 21.3 Å². The Kier molecular flexibility index (Phi) is 3.46. The molecule has 1 saturated heterocycles. The number of halogens is 1. The standard InChI is InChI=1S/C7H14ClNO/c1-6-2-3-7(4-9-8)10-5-6/h6-7,9H,2-5H2,1H3/t6-,7+/m1/s1. The van der Waals surface area contributed by atoms with Crippen molar-refractivity contribution in [1.29, 1.82) is 0 Å². The summed E-state index contributed by atoms with van der Waals surface area (Å²) in [4.78, 5) is 2.60. The van der Waals surface area contributed by atoms with E-state index in [0.29, 0.717) is 6.10 Å². The molecule has 0 aromatic heterocycles. The lowest BCUT2D eigenvalue weighted by molar-refractivity contribution is -0.00701. The molecule has 3 heteroatoms. The van der Waals surface area contributed by atoms with Crippen LogP contribution in [0.2, 0.25) is 0 Å². The molecule has 1 aliphatic heterocycles.